The molecule has 0 spiro atoms. The maximum absolute atomic E-state index is 13.1. The van der Waals surface area contributed by atoms with Crippen LogP contribution in [0.2, 0.25) is 0 Å². The lowest BCUT2D eigenvalue weighted by atomic mass is 9.88. The molecule has 0 radical (unpaired) electrons. The molecule has 4 atom stereocenters. The van der Waals surface area contributed by atoms with Crippen molar-refractivity contribution in [1.29, 1.82) is 0 Å². The van der Waals surface area contributed by atoms with E-state index in [1.54, 1.807) is 6.07 Å². The summed E-state index contributed by atoms with van der Waals surface area (Å²) >= 11 is 0. The number of aromatic nitrogens is 2. The largest absolute Gasteiger partial charge is 0.573 e. The highest BCUT2D eigenvalue weighted by Crippen LogP contribution is 2.36. The molecule has 6 nitrogen and oxygen atoms in total. The van der Waals surface area contributed by atoms with E-state index < -0.39 is 30.1 Å². The summed E-state index contributed by atoms with van der Waals surface area (Å²) in [5.74, 6) is -0.955. The van der Waals surface area contributed by atoms with Crippen molar-refractivity contribution < 1.29 is 41.3 Å². The van der Waals surface area contributed by atoms with Gasteiger partial charge in [-0.1, -0.05) is 24.3 Å². The molecule has 38 heavy (non-hydrogen) atoms. The highest BCUT2D eigenvalue weighted by atomic mass is 19.4. The van der Waals surface area contributed by atoms with E-state index >= 15 is 0 Å². The molecule has 204 valence electrons. The van der Waals surface area contributed by atoms with Crippen LogP contribution in [0.3, 0.4) is 0 Å². The zero-order chi connectivity index (χ0) is 27.5. The van der Waals surface area contributed by atoms with E-state index in [1.807, 2.05) is 0 Å². The normalized spacial score (nSPS) is 22.0. The predicted molar refractivity (Wildman–Crippen MR) is 125 cm³/mol. The van der Waals surface area contributed by atoms with Gasteiger partial charge >= 0.3 is 12.5 Å². The summed E-state index contributed by atoms with van der Waals surface area (Å²) in [5, 5.41) is 23.7. The molecular weight excluding hydrogens is 516 g/mol. The Morgan fingerprint density at radius 3 is 2.37 bits per heavy atom. The van der Waals surface area contributed by atoms with Gasteiger partial charge in [-0.15, -0.1) is 13.2 Å². The molecule has 1 aromatic heterocycles. The zero-order valence-electron chi connectivity index (χ0n) is 19.9. The fraction of sp³-hybridized carbons (Fsp3) is 0.385. The molecule has 0 bridgehead atoms. The lowest BCUT2D eigenvalue weighted by molar-refractivity contribution is -0.274. The number of hydrogen-bond donors (Lipinski definition) is 3. The number of nitrogens with zero attached hydrogens (tertiary/aromatic N) is 2. The van der Waals surface area contributed by atoms with Gasteiger partial charge in [0.2, 0.25) is 0 Å². The maximum atomic E-state index is 13.1. The number of nitrogens with one attached hydrogen (secondary N) is 1. The molecule has 2 aromatic carbocycles. The summed E-state index contributed by atoms with van der Waals surface area (Å²) in [7, 11) is 0. The highest BCUT2D eigenvalue weighted by molar-refractivity contribution is 5.56. The molecule has 0 aliphatic heterocycles. The first-order valence-corrected chi connectivity index (χ1v) is 11.8. The van der Waals surface area contributed by atoms with Gasteiger partial charge in [-0.2, -0.15) is 13.2 Å². The number of alkyl halides is 6. The van der Waals surface area contributed by atoms with Gasteiger partial charge in [0, 0.05) is 42.6 Å². The number of aliphatic hydroxyl groups is 2. The molecule has 4 rings (SSSR count). The Morgan fingerprint density at radius 2 is 1.71 bits per heavy atom. The summed E-state index contributed by atoms with van der Waals surface area (Å²) in [5.41, 5.74) is 0.615. The summed E-state index contributed by atoms with van der Waals surface area (Å²) in [6.07, 6.45) is -8.00. The minimum Gasteiger partial charge on any atom is -0.406 e. The summed E-state index contributed by atoms with van der Waals surface area (Å²) in [6, 6.07) is 11.5. The van der Waals surface area contributed by atoms with E-state index in [2.05, 4.69) is 20.0 Å². The minimum atomic E-state index is -4.78. The molecule has 1 heterocycles. The van der Waals surface area contributed by atoms with E-state index in [1.165, 1.54) is 42.6 Å². The molecule has 0 amide bonds. The Bertz CT molecular complexity index is 1220. The third-order valence-electron chi connectivity index (χ3n) is 6.60. The lowest BCUT2D eigenvalue weighted by Crippen LogP contribution is -2.36. The van der Waals surface area contributed by atoms with Crippen LogP contribution in [0.4, 0.5) is 26.3 Å². The Hall–Kier alpha value is -3.22. The van der Waals surface area contributed by atoms with Gasteiger partial charge in [-0.3, -0.25) is 0 Å². The third kappa shape index (κ3) is 7.00. The second kappa shape index (κ2) is 11.3. The second-order valence-electron chi connectivity index (χ2n) is 9.15. The Kier molecular flexibility index (Phi) is 8.24. The fourth-order valence-corrected chi connectivity index (χ4v) is 4.76. The number of ether oxygens (including phenoxy) is 1. The van der Waals surface area contributed by atoms with Crippen LogP contribution < -0.4 is 10.1 Å². The van der Waals surface area contributed by atoms with Crippen LogP contribution in [0.25, 0.3) is 11.4 Å². The molecule has 1 fully saturated rings. The smallest absolute Gasteiger partial charge is 0.406 e. The van der Waals surface area contributed by atoms with Crippen molar-refractivity contribution in [1.82, 2.24) is 15.3 Å². The van der Waals surface area contributed by atoms with E-state index in [-0.39, 0.29) is 42.2 Å². The van der Waals surface area contributed by atoms with Crippen LogP contribution in [0.1, 0.15) is 23.2 Å². The first kappa shape index (κ1) is 27.8. The molecule has 0 unspecified atom stereocenters. The fourth-order valence-electron chi connectivity index (χ4n) is 4.76. The van der Waals surface area contributed by atoms with Crippen molar-refractivity contribution in [2.45, 2.75) is 44.1 Å². The van der Waals surface area contributed by atoms with Crippen LogP contribution in [0, 0.1) is 11.8 Å². The van der Waals surface area contributed by atoms with Crippen molar-refractivity contribution in [3.63, 3.8) is 0 Å². The standard InChI is InChI=1S/C26H25F6N3O3/c27-25(28,29)17-3-1-2-16(10-17)24-33-9-8-18(35-24)11-20-21(14-36)23(37)12-22(20)34-13-15-4-6-19(7-5-15)38-26(30,31)32/h1-10,20-23,34,36-37H,11-14H2/t20-,21-,22-,23-/m1/s1. The van der Waals surface area contributed by atoms with Crippen LogP contribution in [-0.4, -0.2) is 45.3 Å². The van der Waals surface area contributed by atoms with Crippen LogP contribution in [0.5, 0.6) is 5.75 Å². The number of benzene rings is 2. The van der Waals surface area contributed by atoms with Gasteiger partial charge in [0.25, 0.3) is 0 Å². The number of rotatable bonds is 8. The van der Waals surface area contributed by atoms with Gasteiger partial charge in [-0.05, 0) is 54.7 Å². The topological polar surface area (TPSA) is 87.5 Å². The Labute approximate surface area is 214 Å². The number of aliphatic hydroxyl groups excluding tert-OH is 2. The number of halogens is 6. The average Bonchev–Trinajstić information content (AvgIpc) is 3.16. The Morgan fingerprint density at radius 1 is 0.974 bits per heavy atom. The number of hydrogen-bond acceptors (Lipinski definition) is 6. The molecule has 1 aliphatic carbocycles. The SMILES string of the molecule is OC[C@@H]1[C@@H](Cc2ccnc(-c3cccc(C(F)(F)F)c3)n2)[C@H](NCc2ccc(OC(F)(F)F)cc2)C[C@H]1O. The second-order valence-corrected chi connectivity index (χ2v) is 9.15. The summed E-state index contributed by atoms with van der Waals surface area (Å²) in [4.78, 5) is 8.55. The van der Waals surface area contributed by atoms with Crippen molar-refractivity contribution >= 4 is 0 Å². The van der Waals surface area contributed by atoms with Gasteiger partial charge in [0.05, 0.1) is 11.7 Å². The monoisotopic (exact) mass is 541 g/mol. The van der Waals surface area contributed by atoms with Crippen LogP contribution in [-0.2, 0) is 19.1 Å². The quantitative estimate of drug-likeness (QED) is 0.357. The molecule has 12 heteroatoms. The first-order valence-electron chi connectivity index (χ1n) is 11.8. The highest BCUT2D eigenvalue weighted by Gasteiger charge is 2.42. The molecule has 1 saturated carbocycles. The van der Waals surface area contributed by atoms with E-state index in [9.17, 15) is 36.6 Å². The van der Waals surface area contributed by atoms with Gasteiger partial charge < -0.3 is 20.3 Å². The average molecular weight is 541 g/mol. The Balaban J connectivity index is 1.47. The lowest BCUT2D eigenvalue weighted by Gasteiger charge is -2.25. The van der Waals surface area contributed by atoms with Crippen LogP contribution >= 0.6 is 0 Å². The molecule has 1 aliphatic rings. The van der Waals surface area contributed by atoms with Crippen molar-refractivity contribution in [3.8, 4) is 17.1 Å². The minimum absolute atomic E-state index is 0.123. The van der Waals surface area contributed by atoms with Gasteiger partial charge in [0.1, 0.15) is 5.75 Å². The van der Waals surface area contributed by atoms with Crippen molar-refractivity contribution in [3.05, 3.63) is 77.6 Å². The third-order valence-corrected chi connectivity index (χ3v) is 6.60. The molecular formula is C26H25F6N3O3. The summed E-state index contributed by atoms with van der Waals surface area (Å²) < 4.78 is 80.4. The first-order chi connectivity index (χ1) is 17.9. The maximum Gasteiger partial charge on any atom is 0.573 e. The summed E-state index contributed by atoms with van der Waals surface area (Å²) in [6.45, 7) is 0.0106. The van der Waals surface area contributed by atoms with Gasteiger partial charge in [-0.25, -0.2) is 9.97 Å². The van der Waals surface area contributed by atoms with E-state index in [0.29, 0.717) is 24.1 Å². The van der Waals surface area contributed by atoms with Crippen molar-refractivity contribution in [2.75, 3.05) is 6.61 Å². The molecule has 3 aromatic rings. The van der Waals surface area contributed by atoms with E-state index in [4.69, 9.17) is 0 Å². The molecule has 0 saturated heterocycles. The van der Waals surface area contributed by atoms with Crippen molar-refractivity contribution in [2.24, 2.45) is 11.8 Å². The molecule has 3 N–H and O–H groups in total. The van der Waals surface area contributed by atoms with Gasteiger partial charge in [0.15, 0.2) is 5.82 Å². The predicted octanol–water partition coefficient (Wildman–Crippen LogP) is 4.75. The van der Waals surface area contributed by atoms with E-state index in [0.717, 1.165) is 12.1 Å². The van der Waals surface area contributed by atoms with Crippen LogP contribution in [0.15, 0.2) is 60.8 Å². The zero-order valence-corrected chi connectivity index (χ0v) is 19.9.